The molecule has 0 atom stereocenters. The molecular formula is C13H12ClN3O2. The fraction of sp³-hybridized carbons (Fsp3) is 0.154. The monoisotopic (exact) mass is 277 g/mol. The number of aldehydes is 1. The first-order valence-electron chi connectivity index (χ1n) is 5.61. The normalized spacial score (nSPS) is 10.2. The lowest BCUT2D eigenvalue weighted by Gasteiger charge is -2.07. The van der Waals surface area contributed by atoms with Gasteiger partial charge in [0.05, 0.1) is 6.54 Å². The van der Waals surface area contributed by atoms with Gasteiger partial charge in [0.25, 0.3) is 0 Å². The van der Waals surface area contributed by atoms with E-state index in [0.29, 0.717) is 29.3 Å². The summed E-state index contributed by atoms with van der Waals surface area (Å²) in [7, 11) is 0. The van der Waals surface area contributed by atoms with Crippen molar-refractivity contribution in [3.63, 3.8) is 0 Å². The zero-order valence-corrected chi connectivity index (χ0v) is 10.9. The molecule has 0 unspecified atom stereocenters. The molecule has 1 aromatic heterocycles. The molecule has 6 heteroatoms. The van der Waals surface area contributed by atoms with Gasteiger partial charge < -0.3 is 4.74 Å². The molecule has 0 aliphatic carbocycles. The minimum Gasteiger partial charge on any atom is -0.487 e. The number of carbonyl (C=O) groups is 1. The Morgan fingerprint density at radius 3 is 2.74 bits per heavy atom. The molecular weight excluding hydrogens is 266 g/mol. The Kier molecular flexibility index (Phi) is 4.30. The molecule has 0 bridgehead atoms. The van der Waals surface area contributed by atoms with E-state index in [1.807, 2.05) is 0 Å². The van der Waals surface area contributed by atoms with Crippen molar-refractivity contribution in [1.29, 1.82) is 0 Å². The molecule has 0 saturated carbocycles. The molecule has 19 heavy (non-hydrogen) atoms. The van der Waals surface area contributed by atoms with Crippen LogP contribution < -0.4 is 4.74 Å². The number of aromatic nitrogens is 3. The van der Waals surface area contributed by atoms with Crippen molar-refractivity contribution in [2.75, 3.05) is 0 Å². The summed E-state index contributed by atoms with van der Waals surface area (Å²) in [5.74, 6) is 0.660. The predicted octanol–water partition coefficient (Wildman–Crippen LogP) is 2.51. The molecule has 5 nitrogen and oxygen atoms in total. The predicted molar refractivity (Wildman–Crippen MR) is 71.4 cm³/mol. The Morgan fingerprint density at radius 1 is 1.37 bits per heavy atom. The molecule has 0 saturated heterocycles. The lowest BCUT2D eigenvalue weighted by atomic mass is 10.3. The van der Waals surface area contributed by atoms with Crippen molar-refractivity contribution in [2.45, 2.75) is 13.2 Å². The van der Waals surface area contributed by atoms with Crippen LogP contribution in [0.5, 0.6) is 5.75 Å². The van der Waals surface area contributed by atoms with Crippen molar-refractivity contribution in [1.82, 2.24) is 15.0 Å². The summed E-state index contributed by atoms with van der Waals surface area (Å²) >= 11 is 5.79. The quantitative estimate of drug-likeness (QED) is 0.601. The number of carbonyl (C=O) groups excluding carboxylic acids is 1. The second kappa shape index (κ2) is 6.15. The van der Waals surface area contributed by atoms with E-state index in [1.165, 1.54) is 0 Å². The van der Waals surface area contributed by atoms with E-state index < -0.39 is 0 Å². The van der Waals surface area contributed by atoms with Crippen molar-refractivity contribution in [3.8, 4) is 5.75 Å². The standard InChI is InChI=1S/C13H12ClN3O2/c1-2-7-17-13(12(8-18)15-16-17)9-19-11-5-3-10(14)4-6-11/h2-6,8H,1,7,9H2. The van der Waals surface area contributed by atoms with Crippen LogP contribution >= 0.6 is 11.6 Å². The second-order valence-electron chi connectivity index (χ2n) is 3.75. The van der Waals surface area contributed by atoms with Gasteiger partial charge >= 0.3 is 0 Å². The molecule has 0 spiro atoms. The zero-order chi connectivity index (χ0) is 13.7. The summed E-state index contributed by atoms with van der Waals surface area (Å²) in [4.78, 5) is 10.9. The highest BCUT2D eigenvalue weighted by molar-refractivity contribution is 6.30. The van der Waals surface area contributed by atoms with E-state index in [2.05, 4.69) is 16.9 Å². The number of allylic oxidation sites excluding steroid dienone is 1. The Hall–Kier alpha value is -2.14. The van der Waals surface area contributed by atoms with Gasteiger partial charge in [-0.05, 0) is 24.3 Å². The lowest BCUT2D eigenvalue weighted by molar-refractivity contribution is 0.111. The van der Waals surface area contributed by atoms with Gasteiger partial charge in [-0.25, -0.2) is 4.68 Å². The molecule has 0 aliphatic rings. The minimum absolute atomic E-state index is 0.205. The minimum atomic E-state index is 0.205. The molecule has 0 N–H and O–H groups in total. The molecule has 2 rings (SSSR count). The molecule has 2 aromatic rings. The molecule has 0 fully saturated rings. The summed E-state index contributed by atoms with van der Waals surface area (Å²) < 4.78 is 7.16. The van der Waals surface area contributed by atoms with Crippen LogP contribution in [0.2, 0.25) is 5.02 Å². The fourth-order valence-electron chi connectivity index (χ4n) is 1.54. The number of ether oxygens (including phenoxy) is 1. The van der Waals surface area contributed by atoms with Crippen molar-refractivity contribution >= 4 is 17.9 Å². The van der Waals surface area contributed by atoms with E-state index in [9.17, 15) is 4.79 Å². The highest BCUT2D eigenvalue weighted by Gasteiger charge is 2.12. The SMILES string of the molecule is C=CCn1nnc(C=O)c1COc1ccc(Cl)cc1. The molecule has 0 amide bonds. The Labute approximate surface area is 115 Å². The first-order chi connectivity index (χ1) is 9.24. The van der Waals surface area contributed by atoms with Gasteiger partial charge in [-0.15, -0.1) is 11.7 Å². The van der Waals surface area contributed by atoms with Gasteiger partial charge in [-0.3, -0.25) is 4.79 Å². The molecule has 1 aromatic carbocycles. The summed E-state index contributed by atoms with van der Waals surface area (Å²) in [6.07, 6.45) is 2.34. The highest BCUT2D eigenvalue weighted by atomic mass is 35.5. The fourth-order valence-corrected chi connectivity index (χ4v) is 1.66. The number of rotatable bonds is 6. The van der Waals surface area contributed by atoms with Crippen molar-refractivity contribution in [2.24, 2.45) is 0 Å². The van der Waals surface area contributed by atoms with E-state index >= 15 is 0 Å². The van der Waals surface area contributed by atoms with Gasteiger partial charge in [-0.2, -0.15) is 0 Å². The van der Waals surface area contributed by atoms with Gasteiger partial charge in [0.2, 0.25) is 0 Å². The summed E-state index contributed by atoms with van der Waals surface area (Å²) in [6.45, 7) is 4.31. The van der Waals surface area contributed by atoms with E-state index in [0.717, 1.165) is 0 Å². The van der Waals surface area contributed by atoms with Gasteiger partial charge in [0.1, 0.15) is 18.1 Å². The Balaban J connectivity index is 2.13. The van der Waals surface area contributed by atoms with E-state index in [-0.39, 0.29) is 12.3 Å². The number of nitrogens with zero attached hydrogens (tertiary/aromatic N) is 3. The van der Waals surface area contributed by atoms with Gasteiger partial charge in [0.15, 0.2) is 12.0 Å². The third-order valence-corrected chi connectivity index (χ3v) is 2.72. The average molecular weight is 278 g/mol. The van der Waals surface area contributed by atoms with Crippen LogP contribution in [0.4, 0.5) is 0 Å². The topological polar surface area (TPSA) is 57.0 Å². The van der Waals surface area contributed by atoms with E-state index in [1.54, 1.807) is 35.0 Å². The first kappa shape index (κ1) is 13.3. The largest absolute Gasteiger partial charge is 0.487 e. The molecule has 98 valence electrons. The van der Waals surface area contributed by atoms with Crippen LogP contribution in [-0.4, -0.2) is 21.3 Å². The van der Waals surface area contributed by atoms with Crippen LogP contribution in [0.15, 0.2) is 36.9 Å². The van der Waals surface area contributed by atoms with Crippen LogP contribution in [-0.2, 0) is 13.2 Å². The highest BCUT2D eigenvalue weighted by Crippen LogP contribution is 2.17. The van der Waals surface area contributed by atoms with Crippen LogP contribution in [0.1, 0.15) is 16.2 Å². The van der Waals surface area contributed by atoms with Crippen LogP contribution in [0, 0.1) is 0 Å². The summed E-state index contributed by atoms with van der Waals surface area (Å²) in [6, 6.07) is 6.97. The Bertz CT molecular complexity index is 578. The Morgan fingerprint density at radius 2 is 2.11 bits per heavy atom. The second-order valence-corrected chi connectivity index (χ2v) is 4.19. The lowest BCUT2D eigenvalue weighted by Crippen LogP contribution is -2.08. The van der Waals surface area contributed by atoms with Crippen LogP contribution in [0.3, 0.4) is 0 Å². The van der Waals surface area contributed by atoms with Gasteiger partial charge in [-0.1, -0.05) is 22.9 Å². The average Bonchev–Trinajstić information content (AvgIpc) is 2.81. The van der Waals surface area contributed by atoms with Gasteiger partial charge in [0, 0.05) is 5.02 Å². The van der Waals surface area contributed by atoms with Crippen molar-refractivity contribution < 1.29 is 9.53 Å². The maximum Gasteiger partial charge on any atom is 0.172 e. The zero-order valence-electron chi connectivity index (χ0n) is 10.1. The maximum atomic E-state index is 10.9. The number of hydrogen-bond acceptors (Lipinski definition) is 4. The molecule has 0 aliphatic heterocycles. The number of halogens is 1. The third-order valence-electron chi connectivity index (χ3n) is 2.47. The van der Waals surface area contributed by atoms with Crippen molar-refractivity contribution in [3.05, 3.63) is 53.3 Å². The van der Waals surface area contributed by atoms with E-state index in [4.69, 9.17) is 16.3 Å². The third kappa shape index (κ3) is 3.20. The summed E-state index contributed by atoms with van der Waals surface area (Å²) in [5.41, 5.74) is 0.890. The maximum absolute atomic E-state index is 10.9. The first-order valence-corrected chi connectivity index (χ1v) is 5.99. The van der Waals surface area contributed by atoms with Crippen LogP contribution in [0.25, 0.3) is 0 Å². The number of hydrogen-bond donors (Lipinski definition) is 0. The number of benzene rings is 1. The summed E-state index contributed by atoms with van der Waals surface area (Å²) in [5, 5.41) is 8.28. The molecule has 1 heterocycles. The smallest absolute Gasteiger partial charge is 0.172 e. The molecule has 0 radical (unpaired) electrons.